The SMILES string of the molecule is CC1CCC(NC(=O)C2CCOc3ccccc32)(C(=O)O)CC1. The number of para-hydroxylation sites is 1. The number of fused-ring (bicyclic) bond motifs is 1. The lowest BCUT2D eigenvalue weighted by atomic mass is 9.76. The van der Waals surface area contributed by atoms with Crippen LogP contribution in [-0.2, 0) is 9.59 Å². The number of carbonyl (C=O) groups excluding carboxylic acids is 1. The van der Waals surface area contributed by atoms with Crippen molar-refractivity contribution in [2.75, 3.05) is 6.61 Å². The highest BCUT2D eigenvalue weighted by Gasteiger charge is 2.44. The zero-order chi connectivity index (χ0) is 16.4. The molecule has 1 saturated carbocycles. The van der Waals surface area contributed by atoms with E-state index in [1.165, 1.54) is 0 Å². The van der Waals surface area contributed by atoms with E-state index in [1.54, 1.807) is 0 Å². The Morgan fingerprint density at radius 2 is 1.91 bits per heavy atom. The van der Waals surface area contributed by atoms with Crippen LogP contribution in [0, 0.1) is 5.92 Å². The second-order valence-corrected chi connectivity index (χ2v) is 6.79. The molecule has 1 heterocycles. The topological polar surface area (TPSA) is 75.6 Å². The maximum Gasteiger partial charge on any atom is 0.329 e. The lowest BCUT2D eigenvalue weighted by molar-refractivity contribution is -0.150. The molecule has 1 unspecified atom stereocenters. The van der Waals surface area contributed by atoms with Crippen molar-refractivity contribution < 1.29 is 19.4 Å². The first kappa shape index (κ1) is 15.8. The monoisotopic (exact) mass is 317 g/mol. The third-order valence-electron chi connectivity index (χ3n) is 5.17. The maximum atomic E-state index is 12.8. The summed E-state index contributed by atoms with van der Waals surface area (Å²) in [5.41, 5.74) is -0.266. The molecule has 0 spiro atoms. The third kappa shape index (κ3) is 3.05. The van der Waals surface area contributed by atoms with E-state index in [9.17, 15) is 14.7 Å². The average molecular weight is 317 g/mol. The summed E-state index contributed by atoms with van der Waals surface area (Å²) in [5, 5.41) is 12.5. The minimum absolute atomic E-state index is 0.197. The predicted octanol–water partition coefficient (Wildman–Crippen LogP) is 2.70. The van der Waals surface area contributed by atoms with Gasteiger partial charge >= 0.3 is 5.97 Å². The molecular formula is C18H23NO4. The van der Waals surface area contributed by atoms with Crippen molar-refractivity contribution in [2.45, 2.75) is 50.5 Å². The molecule has 1 aromatic carbocycles. The van der Waals surface area contributed by atoms with Crippen molar-refractivity contribution in [1.82, 2.24) is 5.32 Å². The van der Waals surface area contributed by atoms with Gasteiger partial charge in [-0.05, 0) is 44.1 Å². The molecule has 2 N–H and O–H groups in total. The van der Waals surface area contributed by atoms with Crippen LogP contribution in [0.4, 0.5) is 0 Å². The van der Waals surface area contributed by atoms with Gasteiger partial charge < -0.3 is 15.2 Å². The number of nitrogens with one attached hydrogen (secondary N) is 1. The first-order valence-electron chi connectivity index (χ1n) is 8.29. The second-order valence-electron chi connectivity index (χ2n) is 6.79. The van der Waals surface area contributed by atoms with Gasteiger partial charge in [-0.25, -0.2) is 4.79 Å². The molecule has 1 aliphatic carbocycles. The van der Waals surface area contributed by atoms with Crippen molar-refractivity contribution in [1.29, 1.82) is 0 Å². The van der Waals surface area contributed by atoms with Crippen LogP contribution in [0.5, 0.6) is 5.75 Å². The maximum absolute atomic E-state index is 12.8. The number of rotatable bonds is 3. The Kier molecular flexibility index (Phi) is 4.28. The van der Waals surface area contributed by atoms with Crippen LogP contribution < -0.4 is 10.1 Å². The van der Waals surface area contributed by atoms with E-state index in [0.717, 1.165) is 24.2 Å². The number of ether oxygens (including phenoxy) is 1. The van der Waals surface area contributed by atoms with Gasteiger partial charge in [-0.1, -0.05) is 25.1 Å². The van der Waals surface area contributed by atoms with Crippen molar-refractivity contribution in [3.63, 3.8) is 0 Å². The number of hydrogen-bond donors (Lipinski definition) is 2. The van der Waals surface area contributed by atoms with Crippen LogP contribution >= 0.6 is 0 Å². The van der Waals surface area contributed by atoms with E-state index in [2.05, 4.69) is 12.2 Å². The molecule has 1 atom stereocenters. The Balaban J connectivity index is 1.80. The lowest BCUT2D eigenvalue weighted by Gasteiger charge is -2.38. The van der Waals surface area contributed by atoms with Gasteiger partial charge in [0.1, 0.15) is 11.3 Å². The highest BCUT2D eigenvalue weighted by atomic mass is 16.5. The van der Waals surface area contributed by atoms with E-state index in [4.69, 9.17) is 4.74 Å². The highest BCUT2D eigenvalue weighted by molar-refractivity contribution is 5.91. The molecule has 0 radical (unpaired) electrons. The summed E-state index contributed by atoms with van der Waals surface area (Å²) in [6.07, 6.45) is 3.24. The zero-order valence-electron chi connectivity index (χ0n) is 13.4. The Bertz CT molecular complexity index is 605. The second kappa shape index (κ2) is 6.22. The summed E-state index contributed by atoms with van der Waals surface area (Å²) >= 11 is 0. The molecule has 0 saturated heterocycles. The van der Waals surface area contributed by atoms with Crippen molar-refractivity contribution in [3.05, 3.63) is 29.8 Å². The van der Waals surface area contributed by atoms with Gasteiger partial charge in [0.05, 0.1) is 12.5 Å². The van der Waals surface area contributed by atoms with Gasteiger partial charge in [-0.2, -0.15) is 0 Å². The summed E-state index contributed by atoms with van der Waals surface area (Å²) in [7, 11) is 0. The van der Waals surface area contributed by atoms with Gasteiger partial charge in [0, 0.05) is 5.56 Å². The summed E-state index contributed by atoms with van der Waals surface area (Å²) in [6, 6.07) is 7.49. The van der Waals surface area contributed by atoms with Crippen LogP contribution in [0.3, 0.4) is 0 Å². The van der Waals surface area contributed by atoms with Crippen LogP contribution in [0.15, 0.2) is 24.3 Å². The third-order valence-corrected chi connectivity index (χ3v) is 5.17. The smallest absolute Gasteiger partial charge is 0.329 e. The first-order chi connectivity index (χ1) is 11.0. The van der Waals surface area contributed by atoms with E-state index in [0.29, 0.717) is 31.8 Å². The minimum atomic E-state index is -1.11. The Morgan fingerprint density at radius 3 is 2.61 bits per heavy atom. The van der Waals surface area contributed by atoms with Gasteiger partial charge in [-0.15, -0.1) is 0 Å². The van der Waals surface area contributed by atoms with Gasteiger partial charge in [-0.3, -0.25) is 4.79 Å². The standard InChI is InChI=1S/C18H23NO4/c1-12-6-9-18(10-7-12,17(21)22)19-16(20)14-8-11-23-15-5-3-2-4-13(14)15/h2-5,12,14H,6-11H2,1H3,(H,19,20)(H,21,22). The van der Waals surface area contributed by atoms with E-state index in [-0.39, 0.29) is 11.8 Å². The fourth-order valence-corrected chi connectivity index (χ4v) is 3.58. The summed E-state index contributed by atoms with van der Waals surface area (Å²) in [5.74, 6) is -0.213. The lowest BCUT2D eigenvalue weighted by Crippen LogP contribution is -2.57. The molecule has 3 rings (SSSR count). The van der Waals surface area contributed by atoms with Crippen molar-refractivity contribution in [3.8, 4) is 5.75 Å². The molecular weight excluding hydrogens is 294 g/mol. The number of amides is 1. The van der Waals surface area contributed by atoms with E-state index in [1.807, 2.05) is 24.3 Å². The van der Waals surface area contributed by atoms with Crippen LogP contribution in [0.25, 0.3) is 0 Å². The number of aliphatic carboxylic acids is 1. The summed E-state index contributed by atoms with van der Waals surface area (Å²) in [6.45, 7) is 2.61. The molecule has 0 aromatic heterocycles. The molecule has 2 aliphatic rings. The predicted molar refractivity (Wildman–Crippen MR) is 85.4 cm³/mol. The summed E-state index contributed by atoms with van der Waals surface area (Å²) in [4.78, 5) is 24.6. The van der Waals surface area contributed by atoms with Crippen LogP contribution in [0.1, 0.15) is 50.5 Å². The number of benzene rings is 1. The van der Waals surface area contributed by atoms with Crippen LogP contribution in [-0.4, -0.2) is 29.1 Å². The fraction of sp³-hybridized carbons (Fsp3) is 0.556. The molecule has 1 fully saturated rings. The molecule has 5 heteroatoms. The molecule has 1 amide bonds. The number of hydrogen-bond acceptors (Lipinski definition) is 3. The molecule has 124 valence electrons. The van der Waals surface area contributed by atoms with Gasteiger partial charge in [0.15, 0.2) is 0 Å². The van der Waals surface area contributed by atoms with Gasteiger partial charge in [0.2, 0.25) is 5.91 Å². The number of carboxylic acid groups (broad SMARTS) is 1. The average Bonchev–Trinajstić information content (AvgIpc) is 2.56. The molecule has 1 aliphatic heterocycles. The highest BCUT2D eigenvalue weighted by Crippen LogP contribution is 2.36. The van der Waals surface area contributed by atoms with Crippen molar-refractivity contribution >= 4 is 11.9 Å². The Labute approximate surface area is 136 Å². The van der Waals surface area contributed by atoms with Crippen molar-refractivity contribution in [2.24, 2.45) is 5.92 Å². The largest absolute Gasteiger partial charge is 0.493 e. The van der Waals surface area contributed by atoms with E-state index < -0.39 is 11.5 Å². The normalized spacial score (nSPS) is 30.0. The zero-order valence-corrected chi connectivity index (χ0v) is 13.4. The molecule has 0 bridgehead atoms. The first-order valence-corrected chi connectivity index (χ1v) is 8.29. The Morgan fingerprint density at radius 1 is 1.22 bits per heavy atom. The molecule has 1 aromatic rings. The number of carbonyl (C=O) groups is 2. The minimum Gasteiger partial charge on any atom is -0.493 e. The number of carboxylic acids is 1. The van der Waals surface area contributed by atoms with Gasteiger partial charge in [0.25, 0.3) is 0 Å². The molecule has 5 nitrogen and oxygen atoms in total. The Hall–Kier alpha value is -2.04. The summed E-state index contributed by atoms with van der Waals surface area (Å²) < 4.78 is 5.58. The van der Waals surface area contributed by atoms with Crippen LogP contribution in [0.2, 0.25) is 0 Å². The van der Waals surface area contributed by atoms with E-state index >= 15 is 0 Å². The fourth-order valence-electron chi connectivity index (χ4n) is 3.58. The molecule has 23 heavy (non-hydrogen) atoms. The quantitative estimate of drug-likeness (QED) is 0.899.